The lowest BCUT2D eigenvalue weighted by molar-refractivity contribution is -0.146. The van der Waals surface area contributed by atoms with Gasteiger partial charge in [-0.25, -0.2) is 4.39 Å². The molecule has 0 radical (unpaired) electrons. The van der Waals surface area contributed by atoms with Crippen LogP contribution in [0, 0.1) is 35.4 Å². The van der Waals surface area contributed by atoms with Crippen LogP contribution in [-0.4, -0.2) is 50.6 Å². The summed E-state index contributed by atoms with van der Waals surface area (Å²) in [5.74, 6) is -2.78. The molecule has 12 heteroatoms. The monoisotopic (exact) mass is 609 g/mol. The van der Waals surface area contributed by atoms with Crippen LogP contribution in [0.25, 0.3) is 0 Å². The van der Waals surface area contributed by atoms with Gasteiger partial charge in [-0.3, -0.25) is 24.1 Å². The summed E-state index contributed by atoms with van der Waals surface area (Å²) < 4.78 is 19.0. The third-order valence-electron chi connectivity index (χ3n) is 9.28. The molecule has 218 valence electrons. The second-order valence-corrected chi connectivity index (χ2v) is 13.5. The maximum atomic E-state index is 13.9. The molecule has 2 saturated carbocycles. The number of hydrogen-bond acceptors (Lipinski definition) is 8. The van der Waals surface area contributed by atoms with Gasteiger partial charge in [0, 0.05) is 21.7 Å². The number of fused-ring (bicyclic) bond motifs is 9. The van der Waals surface area contributed by atoms with E-state index in [1.165, 1.54) is 31.2 Å². The Labute approximate surface area is 248 Å². The number of ether oxygens (including phenoxy) is 1. The van der Waals surface area contributed by atoms with Crippen LogP contribution in [0.4, 0.5) is 10.1 Å². The molecule has 1 aromatic heterocycles. The maximum absolute atomic E-state index is 13.9. The molecule has 2 aromatic carbocycles. The molecule has 3 aromatic rings. The van der Waals surface area contributed by atoms with Gasteiger partial charge in [0.25, 0.3) is 0 Å². The number of thioether (sulfide) groups is 1. The lowest BCUT2D eigenvalue weighted by Gasteiger charge is -2.43. The van der Waals surface area contributed by atoms with Crippen LogP contribution >= 0.6 is 23.1 Å². The Morgan fingerprint density at radius 2 is 1.86 bits per heavy atom. The summed E-state index contributed by atoms with van der Waals surface area (Å²) in [7, 11) is 0. The molecule has 3 fully saturated rings. The van der Waals surface area contributed by atoms with E-state index in [4.69, 9.17) is 4.74 Å². The van der Waals surface area contributed by atoms with Gasteiger partial charge in [0.1, 0.15) is 11.9 Å². The highest BCUT2D eigenvalue weighted by Crippen LogP contribution is 2.68. The molecule has 8 unspecified atom stereocenters. The van der Waals surface area contributed by atoms with Crippen LogP contribution in [0.1, 0.15) is 36.6 Å². The van der Waals surface area contributed by atoms with Crippen molar-refractivity contribution in [3.05, 3.63) is 68.4 Å². The number of phenolic OH excluding ortho intramolecular Hbond substituents is 1. The summed E-state index contributed by atoms with van der Waals surface area (Å²) in [5, 5.41) is 13.8. The number of carbonyl (C=O) groups excluding carboxylic acids is 3. The van der Waals surface area contributed by atoms with E-state index in [1.807, 2.05) is 19.1 Å². The third-order valence-corrected chi connectivity index (χ3v) is 11.9. The Morgan fingerprint density at radius 1 is 1.14 bits per heavy atom. The number of nitrogens with zero attached hydrogens (tertiary/aromatic N) is 1. The molecule has 8 atom stereocenters. The van der Waals surface area contributed by atoms with Crippen LogP contribution in [0.5, 0.6) is 11.5 Å². The summed E-state index contributed by atoms with van der Waals surface area (Å²) in [5.41, 5.74) is 1.26. The predicted octanol–water partition coefficient (Wildman–Crippen LogP) is 4.18. The minimum absolute atomic E-state index is 0.0107. The molecule has 7 rings (SSSR count). The third kappa shape index (κ3) is 4.02. The normalized spacial score (nSPS) is 29.7. The number of aromatic amines is 1. The smallest absolute Gasteiger partial charge is 0.305 e. The number of aromatic hydroxyl groups is 1. The average Bonchev–Trinajstić information content (AvgIpc) is 3.70. The zero-order chi connectivity index (χ0) is 29.4. The molecule has 0 spiro atoms. The molecule has 2 bridgehead atoms. The lowest BCUT2D eigenvalue weighted by atomic mass is 9.68. The van der Waals surface area contributed by atoms with E-state index in [2.05, 4.69) is 10.3 Å². The van der Waals surface area contributed by atoms with Crippen molar-refractivity contribution in [3.8, 4) is 11.5 Å². The van der Waals surface area contributed by atoms with Crippen LogP contribution in [0.2, 0.25) is 0 Å². The van der Waals surface area contributed by atoms with Gasteiger partial charge in [0.05, 0.1) is 23.5 Å². The molecule has 3 N–H and O–H groups in total. The van der Waals surface area contributed by atoms with E-state index in [-0.39, 0.29) is 51.4 Å². The Bertz CT molecular complexity index is 1670. The van der Waals surface area contributed by atoms with Crippen molar-refractivity contribution in [2.45, 2.75) is 42.5 Å². The molecular weight excluding hydrogens is 581 g/mol. The Kier molecular flexibility index (Phi) is 6.46. The predicted molar refractivity (Wildman–Crippen MR) is 154 cm³/mol. The summed E-state index contributed by atoms with van der Waals surface area (Å²) in [4.78, 5) is 58.2. The van der Waals surface area contributed by atoms with Crippen molar-refractivity contribution in [3.63, 3.8) is 0 Å². The molecule has 3 amide bonds. The minimum atomic E-state index is -1.03. The Hall–Kier alpha value is -3.64. The Balaban J connectivity index is 1.22. The molecule has 9 nitrogen and oxygen atoms in total. The second-order valence-electron chi connectivity index (χ2n) is 11.3. The standard InChI is InChI=1S/C30H28FN3O6S2/c1-3-40-19-10-13(4-9-18(19)35)20-21-16-11-17(24(21)41-27-25(20)42-30(39)33-27)23-22(16)28(37)34(29(23)38)12(2)26(36)32-15-7-5-14(31)6-8-15/h4-10,12,16-17,20-24,35H,3,11H2,1-2H3,(H,32,36)(H,33,39). The molecular formula is C30H28FN3O6S2. The van der Waals surface area contributed by atoms with E-state index < -0.39 is 29.6 Å². The topological polar surface area (TPSA) is 129 Å². The van der Waals surface area contributed by atoms with Crippen molar-refractivity contribution >= 4 is 46.5 Å². The number of hydrogen-bond donors (Lipinski definition) is 3. The molecule has 4 aliphatic rings. The fraction of sp³-hybridized carbons (Fsp3) is 0.400. The van der Waals surface area contributed by atoms with E-state index in [1.54, 1.807) is 17.8 Å². The molecule has 2 aliphatic heterocycles. The number of imide groups is 1. The lowest BCUT2D eigenvalue weighted by Crippen LogP contribution is -2.46. The van der Waals surface area contributed by atoms with Gasteiger partial charge in [-0.2, -0.15) is 0 Å². The number of likely N-dealkylation sites (tertiary alicyclic amines) is 1. The van der Waals surface area contributed by atoms with Crippen molar-refractivity contribution in [2.24, 2.45) is 29.6 Å². The van der Waals surface area contributed by atoms with E-state index >= 15 is 0 Å². The number of benzene rings is 2. The van der Waals surface area contributed by atoms with E-state index in [0.717, 1.165) is 31.7 Å². The number of thiazole rings is 1. The number of amides is 3. The van der Waals surface area contributed by atoms with Crippen LogP contribution in [-0.2, 0) is 14.4 Å². The zero-order valence-corrected chi connectivity index (χ0v) is 24.3. The van der Waals surface area contributed by atoms with Gasteiger partial charge in [-0.15, -0.1) is 11.8 Å². The van der Waals surface area contributed by atoms with Gasteiger partial charge >= 0.3 is 4.87 Å². The highest BCUT2D eigenvalue weighted by molar-refractivity contribution is 8.00. The first-order valence-corrected chi connectivity index (χ1v) is 15.7. The molecule has 42 heavy (non-hydrogen) atoms. The number of carbonyl (C=O) groups is 3. The largest absolute Gasteiger partial charge is 0.504 e. The van der Waals surface area contributed by atoms with Gasteiger partial charge in [0.2, 0.25) is 17.7 Å². The van der Waals surface area contributed by atoms with Crippen LogP contribution in [0.3, 0.4) is 0 Å². The van der Waals surface area contributed by atoms with Crippen molar-refractivity contribution in [1.82, 2.24) is 9.88 Å². The fourth-order valence-electron chi connectivity index (χ4n) is 7.69. The quantitative estimate of drug-likeness (QED) is 0.358. The van der Waals surface area contributed by atoms with Crippen LogP contribution < -0.4 is 14.9 Å². The first-order chi connectivity index (χ1) is 20.2. The number of phenols is 1. The van der Waals surface area contributed by atoms with Gasteiger partial charge < -0.3 is 20.1 Å². The first kappa shape index (κ1) is 27.2. The summed E-state index contributed by atoms with van der Waals surface area (Å²) >= 11 is 2.74. The second kappa shape index (κ2) is 9.98. The van der Waals surface area contributed by atoms with Gasteiger partial charge in [0.15, 0.2) is 11.5 Å². The minimum Gasteiger partial charge on any atom is -0.504 e. The van der Waals surface area contributed by atoms with Crippen molar-refractivity contribution < 1.29 is 28.6 Å². The average molecular weight is 610 g/mol. The SMILES string of the molecule is CCOc1cc(C2c3sc(=O)[nH]c3SC3C4CC(C5C(=O)N(C(C)C(=O)Nc6ccc(F)cc6)C(=O)C45)C23)ccc1O. The first-order valence-electron chi connectivity index (χ1n) is 14.0. The number of halogens is 1. The van der Waals surface area contributed by atoms with Crippen molar-refractivity contribution in [2.75, 3.05) is 11.9 Å². The summed E-state index contributed by atoms with van der Waals surface area (Å²) in [6.07, 6.45) is 0.714. The fourth-order valence-corrected chi connectivity index (χ4v) is 10.6. The van der Waals surface area contributed by atoms with E-state index in [9.17, 15) is 28.7 Å². The number of rotatable bonds is 6. The van der Waals surface area contributed by atoms with E-state index in [0.29, 0.717) is 24.5 Å². The highest BCUT2D eigenvalue weighted by atomic mass is 32.2. The Morgan fingerprint density at radius 3 is 2.57 bits per heavy atom. The number of aromatic nitrogens is 1. The molecule has 1 saturated heterocycles. The van der Waals surface area contributed by atoms with Gasteiger partial charge in [-0.1, -0.05) is 17.4 Å². The highest BCUT2D eigenvalue weighted by Gasteiger charge is 2.70. The van der Waals surface area contributed by atoms with Gasteiger partial charge in [-0.05, 0) is 80.0 Å². The van der Waals surface area contributed by atoms with Crippen LogP contribution in [0.15, 0.2) is 52.3 Å². The van der Waals surface area contributed by atoms with Crippen molar-refractivity contribution in [1.29, 1.82) is 0 Å². The number of nitrogens with one attached hydrogen (secondary N) is 2. The summed E-state index contributed by atoms with van der Waals surface area (Å²) in [6, 6.07) is 9.50. The summed E-state index contributed by atoms with van der Waals surface area (Å²) in [6.45, 7) is 3.75. The number of anilines is 1. The zero-order valence-electron chi connectivity index (χ0n) is 22.7. The molecule has 3 heterocycles. The maximum Gasteiger partial charge on any atom is 0.305 e. The molecule has 2 aliphatic carbocycles. The number of H-pyrrole nitrogens is 1.